The summed E-state index contributed by atoms with van der Waals surface area (Å²) in [6, 6.07) is 13.0. The number of halogens is 1. The molecule has 28 heavy (non-hydrogen) atoms. The lowest BCUT2D eigenvalue weighted by atomic mass is 9.99. The van der Waals surface area contributed by atoms with Crippen molar-refractivity contribution in [2.45, 2.75) is 26.4 Å². The third kappa shape index (κ3) is 3.53. The van der Waals surface area contributed by atoms with E-state index in [1.165, 1.54) is 0 Å². The molecule has 0 radical (unpaired) electrons. The summed E-state index contributed by atoms with van der Waals surface area (Å²) in [6.45, 7) is 6.12. The summed E-state index contributed by atoms with van der Waals surface area (Å²) < 4.78 is 5.43. The average molecular weight is 398 g/mol. The summed E-state index contributed by atoms with van der Waals surface area (Å²) in [5.74, 6) is 1.12. The van der Waals surface area contributed by atoms with Crippen LogP contribution < -0.4 is 15.0 Å². The summed E-state index contributed by atoms with van der Waals surface area (Å²) >= 11 is 6.08. The number of nitrogens with zero attached hydrogens (tertiary/aromatic N) is 2. The molecule has 2 aromatic rings. The van der Waals surface area contributed by atoms with Crippen LogP contribution in [-0.2, 0) is 0 Å². The predicted molar refractivity (Wildman–Crippen MR) is 116 cm³/mol. The van der Waals surface area contributed by atoms with E-state index in [9.17, 15) is 0 Å². The molecule has 7 heteroatoms. The number of anilines is 1. The Bertz CT molecular complexity index is 954. The zero-order chi connectivity index (χ0) is 20.5. The van der Waals surface area contributed by atoms with Gasteiger partial charge in [-0.3, -0.25) is 26.0 Å². The number of nitrogens with one attached hydrogen (secondary N) is 3. The van der Waals surface area contributed by atoms with Gasteiger partial charge in [0.1, 0.15) is 17.4 Å². The minimum atomic E-state index is -1.00. The second kappa shape index (κ2) is 7.73. The number of ether oxygens (including phenoxy) is 1. The minimum Gasteiger partial charge on any atom is -0.497 e. The van der Waals surface area contributed by atoms with Crippen molar-refractivity contribution >= 4 is 34.7 Å². The number of likely N-dealkylation sites (N-methyl/N-ethyl adjacent to an activating group) is 1. The molecule has 0 bridgehead atoms. The average Bonchev–Trinajstić information content (AvgIpc) is 2.76. The lowest BCUT2D eigenvalue weighted by molar-refractivity contribution is 0.415. The van der Waals surface area contributed by atoms with Gasteiger partial charge in [0.15, 0.2) is 5.66 Å². The SMILES string of the molecule is CCNC1(C)N=C(c2ccc(Cl)cc2)c2cc(OC)ccc2N(C(C)=N)C1=N. The molecule has 0 amide bonds. The summed E-state index contributed by atoms with van der Waals surface area (Å²) in [6.07, 6.45) is 0. The highest BCUT2D eigenvalue weighted by Crippen LogP contribution is 2.34. The van der Waals surface area contributed by atoms with Gasteiger partial charge in [-0.05, 0) is 50.7 Å². The van der Waals surface area contributed by atoms with Gasteiger partial charge in [-0.1, -0.05) is 30.7 Å². The Balaban J connectivity index is 2.35. The van der Waals surface area contributed by atoms with Gasteiger partial charge >= 0.3 is 0 Å². The molecular weight excluding hydrogens is 374 g/mol. The third-order valence-corrected chi connectivity index (χ3v) is 4.95. The predicted octanol–water partition coefficient (Wildman–Crippen LogP) is 4.31. The van der Waals surface area contributed by atoms with E-state index < -0.39 is 5.66 Å². The van der Waals surface area contributed by atoms with Gasteiger partial charge in [-0.25, -0.2) is 0 Å². The fourth-order valence-corrected chi connectivity index (χ4v) is 3.47. The van der Waals surface area contributed by atoms with Crippen molar-refractivity contribution in [2.75, 3.05) is 18.6 Å². The summed E-state index contributed by atoms with van der Waals surface area (Å²) in [4.78, 5) is 6.59. The van der Waals surface area contributed by atoms with E-state index in [2.05, 4.69) is 5.32 Å². The van der Waals surface area contributed by atoms with E-state index in [1.54, 1.807) is 18.9 Å². The number of fused-ring (bicyclic) bond motifs is 1. The highest BCUT2D eigenvalue weighted by molar-refractivity contribution is 6.31. The molecule has 1 aliphatic heterocycles. The molecule has 0 saturated carbocycles. The number of amidine groups is 2. The molecule has 6 nitrogen and oxygen atoms in total. The van der Waals surface area contributed by atoms with Crippen LogP contribution in [0.2, 0.25) is 5.02 Å². The maximum Gasteiger partial charge on any atom is 0.166 e. The maximum absolute atomic E-state index is 8.85. The Morgan fingerprint density at radius 2 is 1.93 bits per heavy atom. The fourth-order valence-electron chi connectivity index (χ4n) is 3.35. The molecule has 1 aliphatic rings. The standard InChI is InChI=1S/C21H24ClN5O/c1-5-25-21(3)20(24)27(13(2)23)18-11-10-16(28-4)12-17(18)19(26-21)14-6-8-15(22)9-7-14/h6-12,23-25H,5H2,1-4H3. The van der Waals surface area contributed by atoms with Gasteiger partial charge in [0, 0.05) is 16.1 Å². The van der Waals surface area contributed by atoms with Gasteiger partial charge in [-0.15, -0.1) is 0 Å². The first-order chi connectivity index (χ1) is 13.3. The van der Waals surface area contributed by atoms with Crippen LogP contribution >= 0.6 is 11.6 Å². The second-order valence-corrected chi connectivity index (χ2v) is 7.16. The third-order valence-electron chi connectivity index (χ3n) is 4.69. The molecule has 1 heterocycles. The smallest absolute Gasteiger partial charge is 0.166 e. The van der Waals surface area contributed by atoms with Crippen LogP contribution in [0.5, 0.6) is 5.75 Å². The molecule has 0 saturated heterocycles. The van der Waals surface area contributed by atoms with Gasteiger partial charge in [0.25, 0.3) is 0 Å². The van der Waals surface area contributed by atoms with Crippen molar-refractivity contribution in [3.05, 3.63) is 58.6 Å². The number of aliphatic imine (C=N–C) groups is 1. The van der Waals surface area contributed by atoms with Gasteiger partial charge in [0.05, 0.1) is 18.5 Å². The van der Waals surface area contributed by atoms with E-state index in [0.717, 1.165) is 11.1 Å². The molecule has 0 spiro atoms. The molecule has 2 aromatic carbocycles. The molecule has 3 rings (SSSR count). The molecule has 0 aromatic heterocycles. The molecule has 3 N–H and O–H groups in total. The van der Waals surface area contributed by atoms with Crippen molar-refractivity contribution < 1.29 is 4.74 Å². The summed E-state index contributed by atoms with van der Waals surface area (Å²) in [5.41, 5.74) is 2.09. The maximum atomic E-state index is 8.85. The Hall–Kier alpha value is -2.70. The molecule has 146 valence electrons. The molecule has 1 atom stereocenters. The number of benzene rings is 2. The van der Waals surface area contributed by atoms with Gasteiger partial charge in [0.2, 0.25) is 0 Å². The van der Waals surface area contributed by atoms with E-state index >= 15 is 0 Å². The van der Waals surface area contributed by atoms with E-state index in [1.807, 2.05) is 56.3 Å². The number of methoxy groups -OCH3 is 1. The van der Waals surface area contributed by atoms with Crippen molar-refractivity contribution in [1.29, 1.82) is 10.8 Å². The second-order valence-electron chi connectivity index (χ2n) is 6.72. The zero-order valence-electron chi connectivity index (χ0n) is 16.4. The first-order valence-corrected chi connectivity index (χ1v) is 9.42. The number of rotatable bonds is 4. The first kappa shape index (κ1) is 20.0. The molecule has 0 aliphatic carbocycles. The van der Waals surface area contributed by atoms with E-state index in [4.69, 9.17) is 32.1 Å². The Morgan fingerprint density at radius 1 is 1.25 bits per heavy atom. The van der Waals surface area contributed by atoms with Gasteiger partial charge < -0.3 is 4.74 Å². The largest absolute Gasteiger partial charge is 0.497 e. The molecule has 0 fully saturated rings. The minimum absolute atomic E-state index is 0.192. The zero-order valence-corrected chi connectivity index (χ0v) is 17.2. The van der Waals surface area contributed by atoms with Crippen molar-refractivity contribution in [1.82, 2.24) is 5.32 Å². The summed E-state index contributed by atoms with van der Waals surface area (Å²) in [5, 5.41) is 21.1. The highest BCUT2D eigenvalue weighted by Gasteiger charge is 2.38. The Kier molecular flexibility index (Phi) is 5.54. The van der Waals surface area contributed by atoms with Crippen LogP contribution in [0.3, 0.4) is 0 Å². The van der Waals surface area contributed by atoms with E-state index in [0.29, 0.717) is 28.7 Å². The van der Waals surface area contributed by atoms with Crippen molar-refractivity contribution in [3.8, 4) is 5.75 Å². The monoisotopic (exact) mass is 397 g/mol. The van der Waals surface area contributed by atoms with Crippen LogP contribution in [0.1, 0.15) is 31.9 Å². The fraction of sp³-hybridized carbons (Fsp3) is 0.286. The highest BCUT2D eigenvalue weighted by atomic mass is 35.5. The lowest BCUT2D eigenvalue weighted by Gasteiger charge is -2.33. The Labute approximate surface area is 170 Å². The van der Waals surface area contributed by atoms with Gasteiger partial charge in [-0.2, -0.15) is 0 Å². The number of hydrogen-bond donors (Lipinski definition) is 3. The van der Waals surface area contributed by atoms with Crippen LogP contribution in [0.4, 0.5) is 5.69 Å². The first-order valence-electron chi connectivity index (χ1n) is 9.04. The molecule has 1 unspecified atom stereocenters. The van der Waals surface area contributed by atoms with Crippen LogP contribution in [-0.4, -0.2) is 36.7 Å². The summed E-state index contributed by atoms with van der Waals surface area (Å²) in [7, 11) is 1.61. The normalized spacial score (nSPS) is 19.0. The lowest BCUT2D eigenvalue weighted by Crippen LogP contribution is -2.55. The molecular formula is C21H24ClN5O. The van der Waals surface area contributed by atoms with Crippen molar-refractivity contribution in [2.24, 2.45) is 4.99 Å². The topological polar surface area (TPSA) is 84.6 Å². The van der Waals surface area contributed by atoms with Crippen LogP contribution in [0, 0.1) is 10.8 Å². The Morgan fingerprint density at radius 3 is 2.50 bits per heavy atom. The van der Waals surface area contributed by atoms with Crippen LogP contribution in [0.25, 0.3) is 0 Å². The quantitative estimate of drug-likeness (QED) is 0.531. The number of hydrogen-bond acceptors (Lipinski definition) is 5. The van der Waals surface area contributed by atoms with Crippen LogP contribution in [0.15, 0.2) is 47.5 Å². The van der Waals surface area contributed by atoms with Crippen molar-refractivity contribution in [3.63, 3.8) is 0 Å². The van der Waals surface area contributed by atoms with E-state index in [-0.39, 0.29) is 11.7 Å². The number of benzodiazepines with no additional fused rings is 1.